The van der Waals surface area contributed by atoms with Gasteiger partial charge in [-0.05, 0) is 92.8 Å². The van der Waals surface area contributed by atoms with Crippen molar-refractivity contribution in [2.45, 2.75) is 90.5 Å². The molecule has 6 aliphatic rings. The number of carbonyl (C=O) groups is 2. The summed E-state index contributed by atoms with van der Waals surface area (Å²) in [5.74, 6) is 4.38. The summed E-state index contributed by atoms with van der Waals surface area (Å²) in [6, 6.07) is 0.458. The summed E-state index contributed by atoms with van der Waals surface area (Å²) in [7, 11) is 0. The van der Waals surface area contributed by atoms with Crippen molar-refractivity contribution in [1.82, 2.24) is 10.6 Å². The summed E-state index contributed by atoms with van der Waals surface area (Å²) in [5, 5.41) is 6.74. The minimum Gasteiger partial charge on any atom is -0.353 e. The first-order chi connectivity index (χ1) is 14.4. The highest BCUT2D eigenvalue weighted by atomic mass is 16.2. The molecule has 5 fully saturated rings. The Morgan fingerprint density at radius 2 is 1.93 bits per heavy atom. The third-order valence-corrected chi connectivity index (χ3v) is 11.0. The van der Waals surface area contributed by atoms with E-state index in [0.717, 1.165) is 31.1 Å². The van der Waals surface area contributed by atoms with E-state index in [0.29, 0.717) is 36.1 Å². The zero-order chi connectivity index (χ0) is 20.7. The van der Waals surface area contributed by atoms with Crippen molar-refractivity contribution in [3.8, 4) is 0 Å². The molecule has 0 aromatic rings. The van der Waals surface area contributed by atoms with Crippen LogP contribution in [0, 0.1) is 46.3 Å². The highest BCUT2D eigenvalue weighted by molar-refractivity contribution is 5.81. The van der Waals surface area contributed by atoms with Gasteiger partial charge in [0.2, 0.25) is 11.8 Å². The van der Waals surface area contributed by atoms with Gasteiger partial charge in [-0.1, -0.05) is 26.3 Å². The van der Waals surface area contributed by atoms with Crippen molar-refractivity contribution in [3.63, 3.8) is 0 Å². The van der Waals surface area contributed by atoms with Crippen molar-refractivity contribution < 1.29 is 9.59 Å². The van der Waals surface area contributed by atoms with Crippen LogP contribution in [0.15, 0.2) is 11.8 Å². The Kier molecular flexibility index (Phi) is 4.26. The van der Waals surface area contributed by atoms with Crippen LogP contribution in [-0.4, -0.2) is 17.9 Å². The second kappa shape index (κ2) is 6.59. The average molecular weight is 411 g/mol. The van der Waals surface area contributed by atoms with Crippen molar-refractivity contribution in [3.05, 3.63) is 11.8 Å². The predicted molar refractivity (Wildman–Crippen MR) is 116 cm³/mol. The Morgan fingerprint density at radius 3 is 2.70 bits per heavy atom. The Labute approximate surface area is 181 Å². The van der Waals surface area contributed by atoms with E-state index in [2.05, 4.69) is 30.6 Å². The van der Waals surface area contributed by atoms with Gasteiger partial charge in [0.05, 0.1) is 0 Å². The van der Waals surface area contributed by atoms with E-state index in [1.807, 2.05) is 0 Å². The van der Waals surface area contributed by atoms with E-state index in [4.69, 9.17) is 0 Å². The number of nitrogens with one attached hydrogen (secondary N) is 2. The van der Waals surface area contributed by atoms with Gasteiger partial charge in [0, 0.05) is 29.5 Å². The van der Waals surface area contributed by atoms with E-state index < -0.39 is 0 Å². The largest absolute Gasteiger partial charge is 0.353 e. The molecule has 0 aromatic heterocycles. The van der Waals surface area contributed by atoms with E-state index in [1.54, 1.807) is 0 Å². The normalized spacial score (nSPS) is 51.5. The average Bonchev–Trinajstić information content (AvgIpc) is 3.42. The van der Waals surface area contributed by atoms with Crippen LogP contribution in [0.2, 0.25) is 0 Å². The molecule has 164 valence electrons. The molecule has 0 radical (unpaired) electrons. The first-order valence-corrected chi connectivity index (χ1v) is 12.7. The highest BCUT2D eigenvalue weighted by Gasteiger charge is 2.60. The predicted octanol–water partition coefficient (Wildman–Crippen LogP) is 4.55. The second-order valence-electron chi connectivity index (χ2n) is 12.2. The lowest BCUT2D eigenvalue weighted by molar-refractivity contribution is -0.134. The lowest BCUT2D eigenvalue weighted by atomic mass is 9.49. The molecule has 4 heteroatoms. The van der Waals surface area contributed by atoms with Crippen molar-refractivity contribution in [1.29, 1.82) is 0 Å². The zero-order valence-corrected chi connectivity index (χ0v) is 18.7. The molecule has 4 unspecified atom stereocenters. The molecule has 0 spiro atoms. The number of hydrogen-bond donors (Lipinski definition) is 2. The topological polar surface area (TPSA) is 58.2 Å². The smallest absolute Gasteiger partial charge is 0.224 e. The number of allylic oxidation sites excluding steroid dienone is 2. The minimum atomic E-state index is 0.127. The summed E-state index contributed by atoms with van der Waals surface area (Å²) in [6.45, 7) is 4.84. The molecule has 6 rings (SSSR count). The number of amides is 2. The van der Waals surface area contributed by atoms with Crippen LogP contribution < -0.4 is 10.6 Å². The maximum atomic E-state index is 13.5. The Hall–Kier alpha value is -1.32. The van der Waals surface area contributed by atoms with E-state index in [9.17, 15) is 9.59 Å². The third-order valence-electron chi connectivity index (χ3n) is 11.0. The number of piperidine rings is 1. The lowest BCUT2D eigenvalue weighted by Gasteiger charge is -2.57. The van der Waals surface area contributed by atoms with Crippen molar-refractivity contribution in [2.24, 2.45) is 46.3 Å². The first-order valence-electron chi connectivity index (χ1n) is 12.7. The summed E-state index contributed by atoms with van der Waals surface area (Å²) >= 11 is 0. The molecule has 9 atom stereocenters. The summed E-state index contributed by atoms with van der Waals surface area (Å²) in [6.07, 6.45) is 15.0. The van der Waals surface area contributed by atoms with Gasteiger partial charge in [-0.2, -0.15) is 0 Å². The molecule has 0 aromatic carbocycles. The van der Waals surface area contributed by atoms with E-state index in [1.165, 1.54) is 50.6 Å². The molecule has 30 heavy (non-hydrogen) atoms. The quantitative estimate of drug-likeness (QED) is 0.701. The van der Waals surface area contributed by atoms with Crippen LogP contribution >= 0.6 is 0 Å². The van der Waals surface area contributed by atoms with Crippen LogP contribution in [0.1, 0.15) is 84.5 Å². The molecule has 2 N–H and O–H groups in total. The fourth-order valence-electron chi connectivity index (χ4n) is 9.33. The third kappa shape index (κ3) is 2.64. The maximum absolute atomic E-state index is 13.5. The molecular formula is C26H38N2O2. The fraction of sp³-hybridized carbons (Fsp3) is 0.846. The molecule has 4 nitrogen and oxygen atoms in total. The van der Waals surface area contributed by atoms with Gasteiger partial charge < -0.3 is 10.6 Å². The molecule has 4 saturated carbocycles. The Balaban J connectivity index is 1.21. The molecule has 2 bridgehead atoms. The number of carbonyl (C=O) groups excluding carboxylic acids is 2. The Morgan fingerprint density at radius 1 is 1.07 bits per heavy atom. The Bertz CT molecular complexity index is 805. The molecular weight excluding hydrogens is 372 g/mol. The summed E-state index contributed by atoms with van der Waals surface area (Å²) in [4.78, 5) is 25.4. The van der Waals surface area contributed by atoms with E-state index in [-0.39, 0.29) is 22.7 Å². The summed E-state index contributed by atoms with van der Waals surface area (Å²) < 4.78 is 0. The number of fused-ring (bicyclic) bond motifs is 7. The number of rotatable bonds is 2. The van der Waals surface area contributed by atoms with Crippen molar-refractivity contribution in [2.75, 3.05) is 0 Å². The van der Waals surface area contributed by atoms with Crippen LogP contribution in [0.3, 0.4) is 0 Å². The van der Waals surface area contributed by atoms with Crippen LogP contribution in [0.25, 0.3) is 0 Å². The lowest BCUT2D eigenvalue weighted by Crippen LogP contribution is -2.54. The second-order valence-corrected chi connectivity index (χ2v) is 12.2. The van der Waals surface area contributed by atoms with Gasteiger partial charge in [-0.15, -0.1) is 0 Å². The van der Waals surface area contributed by atoms with Gasteiger partial charge in [-0.3, -0.25) is 9.59 Å². The molecule has 2 amide bonds. The van der Waals surface area contributed by atoms with Gasteiger partial charge in [0.25, 0.3) is 0 Å². The van der Waals surface area contributed by atoms with Gasteiger partial charge in [0.1, 0.15) is 0 Å². The maximum Gasteiger partial charge on any atom is 0.224 e. The highest BCUT2D eigenvalue weighted by Crippen LogP contribution is 2.65. The van der Waals surface area contributed by atoms with Gasteiger partial charge >= 0.3 is 0 Å². The first kappa shape index (κ1) is 19.4. The summed E-state index contributed by atoms with van der Waals surface area (Å²) in [5.41, 5.74) is 1.48. The van der Waals surface area contributed by atoms with Gasteiger partial charge in [0.15, 0.2) is 0 Å². The van der Waals surface area contributed by atoms with Crippen LogP contribution in [-0.2, 0) is 9.59 Å². The molecule has 1 aliphatic heterocycles. The zero-order valence-electron chi connectivity index (χ0n) is 18.7. The standard InChI is InChI=1S/C26H38N2O2/c1-25-11-9-19-17(5-8-22-26(19,2)12-10-23(29)28-22)18(25)6-7-20(25)24(30)27-21-14-15-3-4-16(21)13-15/h8,15-21H,3-7,9-14H2,1-2H3,(H,27,30)(H,28,29)/t15?,16?,17-,18-,19+,20?,21?,25-,26+/m0/s1. The monoisotopic (exact) mass is 410 g/mol. The SMILES string of the molecule is C[C@]12CCC(=O)NC1=CC[C@@H]1[C@H]2CC[C@]2(C)C(C(=O)NC3CC4CCC3C4)CC[C@@H]12. The molecule has 5 aliphatic carbocycles. The van der Waals surface area contributed by atoms with Crippen LogP contribution in [0.5, 0.6) is 0 Å². The van der Waals surface area contributed by atoms with E-state index >= 15 is 0 Å². The number of hydrogen-bond acceptors (Lipinski definition) is 2. The molecule has 1 heterocycles. The van der Waals surface area contributed by atoms with Gasteiger partial charge in [-0.25, -0.2) is 0 Å². The molecule has 1 saturated heterocycles. The minimum absolute atomic E-state index is 0.127. The fourth-order valence-corrected chi connectivity index (χ4v) is 9.33. The van der Waals surface area contributed by atoms with Crippen LogP contribution in [0.4, 0.5) is 0 Å². The van der Waals surface area contributed by atoms with Crippen molar-refractivity contribution >= 4 is 11.8 Å².